The summed E-state index contributed by atoms with van der Waals surface area (Å²) in [5, 5.41) is 8.98. The summed E-state index contributed by atoms with van der Waals surface area (Å²) in [6.07, 6.45) is 1.70. The van der Waals surface area contributed by atoms with Crippen molar-refractivity contribution in [1.82, 2.24) is 9.80 Å². The van der Waals surface area contributed by atoms with E-state index in [-0.39, 0.29) is 5.91 Å². The molecule has 2 unspecified atom stereocenters. The van der Waals surface area contributed by atoms with Gasteiger partial charge in [-0.3, -0.25) is 14.5 Å². The van der Waals surface area contributed by atoms with E-state index in [0.29, 0.717) is 32.8 Å². The smallest absolute Gasteiger partial charge is 0.320 e. The second kappa shape index (κ2) is 5.46. The Bertz CT molecular complexity index is 358. The van der Waals surface area contributed by atoms with Crippen LogP contribution in [0.25, 0.3) is 0 Å². The monoisotopic (exact) mass is 270 g/mol. The van der Waals surface area contributed by atoms with E-state index in [0.717, 1.165) is 12.8 Å². The Hall–Kier alpha value is -1.14. The average molecular weight is 270 g/mol. The van der Waals surface area contributed by atoms with Crippen molar-refractivity contribution in [2.45, 2.75) is 38.3 Å². The minimum Gasteiger partial charge on any atom is -0.480 e. The van der Waals surface area contributed by atoms with E-state index in [4.69, 9.17) is 9.84 Å². The normalized spacial score (nSPS) is 30.3. The molecule has 0 aromatic rings. The molecule has 6 nitrogen and oxygen atoms in total. The summed E-state index contributed by atoms with van der Waals surface area (Å²) >= 11 is 0. The van der Waals surface area contributed by atoms with Gasteiger partial charge in [0.15, 0.2) is 0 Å². The summed E-state index contributed by atoms with van der Waals surface area (Å²) in [4.78, 5) is 27.0. The summed E-state index contributed by atoms with van der Waals surface area (Å²) in [5.41, 5.74) is -0.666. The number of carboxylic acid groups (broad SMARTS) is 1. The lowest BCUT2D eigenvalue weighted by Crippen LogP contribution is -2.57. The Morgan fingerprint density at radius 3 is 2.37 bits per heavy atom. The van der Waals surface area contributed by atoms with Crippen LogP contribution in [-0.2, 0) is 14.3 Å². The molecule has 2 heterocycles. The number of carbonyl (C=O) groups excluding carboxylic acids is 1. The summed E-state index contributed by atoms with van der Waals surface area (Å²) in [6.45, 7) is 6.56. The van der Waals surface area contributed by atoms with Gasteiger partial charge in [-0.15, -0.1) is 0 Å². The number of carboxylic acids is 1. The lowest BCUT2D eigenvalue weighted by molar-refractivity contribution is -0.154. The van der Waals surface area contributed by atoms with Gasteiger partial charge in [-0.25, -0.2) is 0 Å². The van der Waals surface area contributed by atoms with E-state index >= 15 is 0 Å². The third-order valence-corrected chi connectivity index (χ3v) is 4.18. The van der Waals surface area contributed by atoms with Crippen LogP contribution >= 0.6 is 0 Å². The minimum atomic E-state index is -0.814. The highest BCUT2D eigenvalue weighted by molar-refractivity contribution is 5.85. The number of nitrogens with zero attached hydrogens (tertiary/aromatic N) is 2. The first-order valence-corrected chi connectivity index (χ1v) is 6.84. The van der Waals surface area contributed by atoms with Crippen LogP contribution < -0.4 is 0 Å². The Morgan fingerprint density at radius 1 is 1.26 bits per heavy atom. The highest BCUT2D eigenvalue weighted by atomic mass is 16.5. The maximum atomic E-state index is 12.4. The number of ether oxygens (including phenoxy) is 1. The van der Waals surface area contributed by atoms with Gasteiger partial charge in [0.05, 0.1) is 0 Å². The molecule has 0 spiro atoms. The van der Waals surface area contributed by atoms with Crippen molar-refractivity contribution in [2.75, 3.05) is 32.8 Å². The van der Waals surface area contributed by atoms with Crippen LogP contribution in [0.2, 0.25) is 0 Å². The molecule has 108 valence electrons. The molecular formula is C13H22N2O4. The van der Waals surface area contributed by atoms with Gasteiger partial charge in [0.1, 0.15) is 11.6 Å². The average Bonchev–Trinajstić information content (AvgIpc) is 2.85. The van der Waals surface area contributed by atoms with E-state index in [1.165, 1.54) is 0 Å². The molecule has 0 radical (unpaired) electrons. The lowest BCUT2D eigenvalue weighted by Gasteiger charge is -2.39. The summed E-state index contributed by atoms with van der Waals surface area (Å²) in [5.74, 6) is -0.765. The third kappa shape index (κ3) is 2.90. The molecule has 2 saturated heterocycles. The van der Waals surface area contributed by atoms with Crippen LogP contribution in [0.1, 0.15) is 26.7 Å². The van der Waals surface area contributed by atoms with E-state index in [1.54, 1.807) is 11.8 Å². The molecule has 2 aliphatic rings. The molecule has 2 atom stereocenters. The van der Waals surface area contributed by atoms with Gasteiger partial charge in [-0.1, -0.05) is 0 Å². The van der Waals surface area contributed by atoms with Gasteiger partial charge in [-0.05, 0) is 26.7 Å². The fraction of sp³-hybridized carbons (Fsp3) is 0.846. The van der Waals surface area contributed by atoms with Crippen LogP contribution in [0, 0.1) is 0 Å². The summed E-state index contributed by atoms with van der Waals surface area (Å²) < 4.78 is 5.57. The topological polar surface area (TPSA) is 70.1 Å². The van der Waals surface area contributed by atoms with Gasteiger partial charge in [0.2, 0.25) is 0 Å². The van der Waals surface area contributed by atoms with Crippen molar-refractivity contribution in [3.05, 3.63) is 0 Å². The molecule has 1 amide bonds. The van der Waals surface area contributed by atoms with Crippen LogP contribution in [-0.4, -0.2) is 71.2 Å². The first kappa shape index (κ1) is 14.3. The van der Waals surface area contributed by atoms with Crippen LogP contribution in [0.4, 0.5) is 0 Å². The number of piperazine rings is 1. The largest absolute Gasteiger partial charge is 0.480 e. The Morgan fingerprint density at radius 2 is 1.89 bits per heavy atom. The van der Waals surface area contributed by atoms with Crippen molar-refractivity contribution < 1.29 is 19.4 Å². The van der Waals surface area contributed by atoms with Gasteiger partial charge < -0.3 is 14.7 Å². The molecule has 0 bridgehead atoms. The van der Waals surface area contributed by atoms with Crippen molar-refractivity contribution in [3.8, 4) is 0 Å². The van der Waals surface area contributed by atoms with E-state index in [1.807, 2.05) is 11.8 Å². The number of hydrogen-bond acceptors (Lipinski definition) is 4. The molecule has 19 heavy (non-hydrogen) atoms. The first-order chi connectivity index (χ1) is 8.94. The van der Waals surface area contributed by atoms with E-state index in [2.05, 4.69) is 0 Å². The van der Waals surface area contributed by atoms with Crippen molar-refractivity contribution >= 4 is 11.9 Å². The molecule has 6 heteroatoms. The van der Waals surface area contributed by atoms with Crippen molar-refractivity contribution in [2.24, 2.45) is 0 Å². The van der Waals surface area contributed by atoms with Gasteiger partial charge in [-0.2, -0.15) is 0 Å². The van der Waals surface area contributed by atoms with Gasteiger partial charge >= 0.3 is 5.97 Å². The maximum Gasteiger partial charge on any atom is 0.320 e. The van der Waals surface area contributed by atoms with Crippen LogP contribution in [0.3, 0.4) is 0 Å². The minimum absolute atomic E-state index is 0.0487. The first-order valence-electron chi connectivity index (χ1n) is 6.84. The van der Waals surface area contributed by atoms with Gasteiger partial charge in [0, 0.05) is 32.8 Å². The quantitative estimate of drug-likeness (QED) is 0.792. The Kier molecular flexibility index (Phi) is 4.10. The predicted molar refractivity (Wildman–Crippen MR) is 68.8 cm³/mol. The van der Waals surface area contributed by atoms with E-state index < -0.39 is 17.6 Å². The molecular weight excluding hydrogens is 248 g/mol. The SMILES string of the molecule is CC(C(=O)O)N1CCN(C(=O)C2(C)CCCO2)CC1. The Labute approximate surface area is 113 Å². The van der Waals surface area contributed by atoms with Crippen LogP contribution in [0.15, 0.2) is 0 Å². The molecule has 0 saturated carbocycles. The highest BCUT2D eigenvalue weighted by Gasteiger charge is 2.41. The lowest BCUT2D eigenvalue weighted by atomic mass is 10.0. The summed E-state index contributed by atoms with van der Waals surface area (Å²) in [6, 6.07) is -0.490. The fourth-order valence-corrected chi connectivity index (χ4v) is 2.75. The third-order valence-electron chi connectivity index (χ3n) is 4.18. The van der Waals surface area contributed by atoms with Crippen molar-refractivity contribution in [1.29, 1.82) is 0 Å². The molecule has 2 rings (SSSR count). The standard InChI is InChI=1S/C13H22N2O4/c1-10(11(16)17)14-5-7-15(8-6-14)12(18)13(2)4-3-9-19-13/h10H,3-9H2,1-2H3,(H,16,17). The van der Waals surface area contributed by atoms with Crippen LogP contribution in [0.5, 0.6) is 0 Å². The highest BCUT2D eigenvalue weighted by Crippen LogP contribution is 2.27. The fourth-order valence-electron chi connectivity index (χ4n) is 2.75. The number of aliphatic carboxylic acids is 1. The zero-order valence-corrected chi connectivity index (χ0v) is 11.6. The Balaban J connectivity index is 1.89. The number of carbonyl (C=O) groups is 2. The second-order valence-corrected chi connectivity index (χ2v) is 5.53. The number of amides is 1. The van der Waals surface area contributed by atoms with Gasteiger partial charge in [0.25, 0.3) is 5.91 Å². The molecule has 0 aliphatic carbocycles. The number of hydrogen-bond donors (Lipinski definition) is 1. The molecule has 0 aromatic carbocycles. The maximum absolute atomic E-state index is 12.4. The predicted octanol–water partition coefficient (Wildman–Crippen LogP) is 0.173. The van der Waals surface area contributed by atoms with E-state index in [9.17, 15) is 9.59 Å². The zero-order valence-electron chi connectivity index (χ0n) is 11.6. The second-order valence-electron chi connectivity index (χ2n) is 5.53. The molecule has 1 N–H and O–H groups in total. The zero-order chi connectivity index (χ0) is 14.0. The van der Waals surface area contributed by atoms with Crippen molar-refractivity contribution in [3.63, 3.8) is 0 Å². The molecule has 2 aliphatic heterocycles. The molecule has 0 aromatic heterocycles. The number of rotatable bonds is 3. The summed E-state index contributed by atoms with van der Waals surface area (Å²) in [7, 11) is 0. The molecule has 2 fully saturated rings.